The molecular formula is C20H22BrN3O4. The second-order valence-electron chi connectivity index (χ2n) is 5.75. The van der Waals surface area contributed by atoms with Crippen molar-refractivity contribution in [3.8, 4) is 17.6 Å². The minimum atomic E-state index is -0.207. The van der Waals surface area contributed by atoms with Crippen molar-refractivity contribution in [3.63, 3.8) is 0 Å². The lowest BCUT2D eigenvalue weighted by molar-refractivity contribution is -0.134. The average molecular weight is 448 g/mol. The molecule has 0 saturated carbocycles. The minimum absolute atomic E-state index is 0.179. The number of carbonyl (C=O) groups is 1. The lowest BCUT2D eigenvalue weighted by Crippen LogP contribution is -2.37. The third kappa shape index (κ3) is 6.22. The Bertz CT molecular complexity index is 824. The van der Waals surface area contributed by atoms with Gasteiger partial charge in [0.2, 0.25) is 0 Å². The van der Waals surface area contributed by atoms with Crippen LogP contribution >= 0.6 is 15.9 Å². The van der Waals surface area contributed by atoms with Crippen LogP contribution < -0.4 is 9.47 Å². The van der Waals surface area contributed by atoms with Gasteiger partial charge < -0.3 is 19.1 Å². The highest BCUT2D eigenvalue weighted by Crippen LogP contribution is 2.36. The van der Waals surface area contributed by atoms with Crippen molar-refractivity contribution in [3.05, 3.63) is 52.3 Å². The molecule has 0 atom stereocenters. The summed E-state index contributed by atoms with van der Waals surface area (Å²) in [5.41, 5.74) is 1.22. The zero-order valence-electron chi connectivity index (χ0n) is 15.9. The van der Waals surface area contributed by atoms with E-state index in [0.29, 0.717) is 47.8 Å². The smallest absolute Gasteiger partial charge is 0.260 e. The molecule has 0 unspecified atom stereocenters. The van der Waals surface area contributed by atoms with E-state index in [0.717, 1.165) is 5.69 Å². The Morgan fingerprint density at radius 2 is 2.14 bits per heavy atom. The van der Waals surface area contributed by atoms with Crippen LogP contribution in [0.5, 0.6) is 11.5 Å². The van der Waals surface area contributed by atoms with Crippen LogP contribution in [-0.4, -0.2) is 49.3 Å². The van der Waals surface area contributed by atoms with Gasteiger partial charge in [0.05, 0.1) is 41.6 Å². The number of methoxy groups -OCH3 is 1. The van der Waals surface area contributed by atoms with Crippen LogP contribution in [0.25, 0.3) is 0 Å². The number of benzene rings is 1. The quantitative estimate of drug-likeness (QED) is 0.555. The Hall–Kier alpha value is -2.63. The maximum Gasteiger partial charge on any atom is 0.260 e. The van der Waals surface area contributed by atoms with Crippen LogP contribution in [0, 0.1) is 11.3 Å². The first-order valence-corrected chi connectivity index (χ1v) is 9.54. The zero-order valence-corrected chi connectivity index (χ0v) is 17.4. The number of nitriles is 1. The van der Waals surface area contributed by atoms with Gasteiger partial charge in [0, 0.05) is 25.9 Å². The predicted octanol–water partition coefficient (Wildman–Crippen LogP) is 3.17. The fraction of sp³-hybridized carbons (Fsp3) is 0.350. The number of halogens is 1. The number of aromatic nitrogens is 1. The van der Waals surface area contributed by atoms with Crippen LogP contribution in [0.1, 0.15) is 18.2 Å². The molecule has 0 spiro atoms. The average Bonchev–Trinajstić information content (AvgIpc) is 2.71. The van der Waals surface area contributed by atoms with Crippen molar-refractivity contribution in [2.75, 3.05) is 33.5 Å². The molecule has 2 aromatic rings. The van der Waals surface area contributed by atoms with E-state index < -0.39 is 0 Å². The molecule has 0 fully saturated rings. The maximum absolute atomic E-state index is 12.7. The summed E-state index contributed by atoms with van der Waals surface area (Å²) in [6.45, 7) is 3.25. The van der Waals surface area contributed by atoms with E-state index in [1.165, 1.54) is 0 Å². The van der Waals surface area contributed by atoms with E-state index in [2.05, 4.69) is 27.0 Å². The van der Waals surface area contributed by atoms with Gasteiger partial charge in [-0.1, -0.05) is 6.07 Å². The summed E-state index contributed by atoms with van der Waals surface area (Å²) in [6.07, 6.45) is 1.69. The van der Waals surface area contributed by atoms with Crippen LogP contribution in [-0.2, 0) is 16.1 Å². The van der Waals surface area contributed by atoms with Gasteiger partial charge in [-0.3, -0.25) is 9.78 Å². The Balaban J connectivity index is 2.12. The number of nitrogens with zero attached hydrogens (tertiary/aromatic N) is 3. The zero-order chi connectivity index (χ0) is 20.4. The van der Waals surface area contributed by atoms with Gasteiger partial charge in [-0.15, -0.1) is 0 Å². The first-order chi connectivity index (χ1) is 13.6. The molecule has 0 bridgehead atoms. The number of pyridine rings is 1. The molecule has 1 aromatic heterocycles. The van der Waals surface area contributed by atoms with E-state index in [4.69, 9.17) is 19.5 Å². The molecule has 1 heterocycles. The van der Waals surface area contributed by atoms with Gasteiger partial charge in [0.1, 0.15) is 0 Å². The van der Waals surface area contributed by atoms with Crippen LogP contribution in [0.15, 0.2) is 41.0 Å². The lowest BCUT2D eigenvalue weighted by Gasteiger charge is -2.22. The highest BCUT2D eigenvalue weighted by molar-refractivity contribution is 9.10. The molecule has 0 radical (unpaired) electrons. The molecule has 7 nitrogen and oxygen atoms in total. The highest BCUT2D eigenvalue weighted by atomic mass is 79.9. The second kappa shape index (κ2) is 11.3. The summed E-state index contributed by atoms with van der Waals surface area (Å²) in [5, 5.41) is 9.11. The van der Waals surface area contributed by atoms with Crippen molar-refractivity contribution in [2.45, 2.75) is 13.5 Å². The summed E-state index contributed by atoms with van der Waals surface area (Å²) in [7, 11) is 1.59. The number of hydrogen-bond acceptors (Lipinski definition) is 6. The Labute approximate surface area is 173 Å². The Morgan fingerprint density at radius 1 is 1.32 bits per heavy atom. The normalized spacial score (nSPS) is 10.2. The van der Waals surface area contributed by atoms with Gasteiger partial charge >= 0.3 is 0 Å². The molecule has 148 valence electrons. The molecule has 0 aliphatic heterocycles. The number of rotatable bonds is 10. The fourth-order valence-electron chi connectivity index (χ4n) is 2.44. The predicted molar refractivity (Wildman–Crippen MR) is 107 cm³/mol. The lowest BCUT2D eigenvalue weighted by atomic mass is 10.2. The third-order valence-corrected chi connectivity index (χ3v) is 4.36. The summed E-state index contributed by atoms with van der Waals surface area (Å²) in [6, 6.07) is 10.8. The first-order valence-electron chi connectivity index (χ1n) is 8.74. The van der Waals surface area contributed by atoms with Crippen molar-refractivity contribution in [1.29, 1.82) is 5.26 Å². The summed E-state index contributed by atoms with van der Waals surface area (Å²) < 4.78 is 17.0. The topological polar surface area (TPSA) is 84.7 Å². The molecule has 0 aliphatic rings. The van der Waals surface area contributed by atoms with Gasteiger partial charge in [-0.25, -0.2) is 0 Å². The van der Waals surface area contributed by atoms with Gasteiger partial charge in [0.25, 0.3) is 5.91 Å². The van der Waals surface area contributed by atoms with Gasteiger partial charge in [-0.2, -0.15) is 5.26 Å². The molecule has 8 heteroatoms. The molecule has 28 heavy (non-hydrogen) atoms. The number of ether oxygens (including phenoxy) is 3. The van der Waals surface area contributed by atoms with E-state index in [1.807, 2.05) is 25.1 Å². The molecule has 0 N–H and O–H groups in total. The largest absolute Gasteiger partial charge is 0.490 e. The van der Waals surface area contributed by atoms with Crippen LogP contribution in [0.3, 0.4) is 0 Å². The van der Waals surface area contributed by atoms with Crippen molar-refractivity contribution in [1.82, 2.24) is 9.88 Å². The van der Waals surface area contributed by atoms with E-state index in [1.54, 1.807) is 30.3 Å². The fourth-order valence-corrected chi connectivity index (χ4v) is 3.00. The van der Waals surface area contributed by atoms with Crippen molar-refractivity contribution in [2.24, 2.45) is 0 Å². The monoisotopic (exact) mass is 447 g/mol. The molecule has 1 aromatic carbocycles. The molecule has 0 aliphatic carbocycles. The number of amides is 1. The summed E-state index contributed by atoms with van der Waals surface area (Å²) in [5.74, 6) is 0.592. The summed E-state index contributed by atoms with van der Waals surface area (Å²) in [4.78, 5) is 18.6. The van der Waals surface area contributed by atoms with E-state index >= 15 is 0 Å². The van der Waals surface area contributed by atoms with E-state index in [-0.39, 0.29) is 12.5 Å². The number of hydrogen-bond donors (Lipinski definition) is 0. The molecule has 0 saturated heterocycles. The second-order valence-corrected chi connectivity index (χ2v) is 6.60. The summed E-state index contributed by atoms with van der Waals surface area (Å²) >= 11 is 3.38. The van der Waals surface area contributed by atoms with Gasteiger partial charge in [-0.05, 0) is 41.1 Å². The van der Waals surface area contributed by atoms with Crippen molar-refractivity contribution < 1.29 is 19.0 Å². The number of carbonyl (C=O) groups excluding carboxylic acids is 1. The standard InChI is InChI=1S/C20H22BrN3O4/c1-3-27-18-11-15(12-22)10-17(21)20(18)28-14-19(25)24(8-9-26-2)13-16-6-4-5-7-23-16/h4-7,10-11H,3,8-9,13-14H2,1-2H3. The Morgan fingerprint density at radius 3 is 2.79 bits per heavy atom. The van der Waals surface area contributed by atoms with Crippen LogP contribution in [0.4, 0.5) is 0 Å². The minimum Gasteiger partial charge on any atom is -0.490 e. The van der Waals surface area contributed by atoms with E-state index in [9.17, 15) is 4.79 Å². The molecular weight excluding hydrogens is 426 g/mol. The molecule has 1 amide bonds. The highest BCUT2D eigenvalue weighted by Gasteiger charge is 2.18. The first kappa shape index (κ1) is 21.7. The van der Waals surface area contributed by atoms with Gasteiger partial charge in [0.15, 0.2) is 18.1 Å². The Kier molecular flexibility index (Phi) is 8.72. The van der Waals surface area contributed by atoms with Crippen molar-refractivity contribution >= 4 is 21.8 Å². The third-order valence-electron chi connectivity index (χ3n) is 3.78. The molecule has 2 rings (SSSR count). The SMILES string of the molecule is CCOc1cc(C#N)cc(Br)c1OCC(=O)N(CCOC)Cc1ccccn1. The van der Waals surface area contributed by atoms with Crippen LogP contribution in [0.2, 0.25) is 0 Å². The maximum atomic E-state index is 12.7.